The van der Waals surface area contributed by atoms with E-state index in [-0.39, 0.29) is 17.4 Å². The minimum absolute atomic E-state index is 0.0661. The zero-order chi connectivity index (χ0) is 14.9. The molecule has 0 saturated heterocycles. The fourth-order valence-corrected chi connectivity index (χ4v) is 2.15. The van der Waals surface area contributed by atoms with Crippen molar-refractivity contribution in [1.82, 2.24) is 9.97 Å². The van der Waals surface area contributed by atoms with E-state index in [1.807, 2.05) is 38.1 Å². The molecule has 0 atom stereocenters. The van der Waals surface area contributed by atoms with Gasteiger partial charge in [0, 0.05) is 5.56 Å². The van der Waals surface area contributed by atoms with Crippen molar-refractivity contribution in [3.63, 3.8) is 0 Å². The van der Waals surface area contributed by atoms with E-state index in [1.54, 1.807) is 0 Å². The van der Waals surface area contributed by atoms with Crippen LogP contribution in [0.2, 0.25) is 0 Å². The van der Waals surface area contributed by atoms with Gasteiger partial charge >= 0.3 is 0 Å². The molecule has 1 heterocycles. The van der Waals surface area contributed by atoms with Gasteiger partial charge in [0.2, 0.25) is 5.88 Å². The van der Waals surface area contributed by atoms with Crippen LogP contribution in [0.5, 0.6) is 5.88 Å². The van der Waals surface area contributed by atoms with Crippen molar-refractivity contribution in [3.05, 3.63) is 45.7 Å². The highest BCUT2D eigenvalue weighted by Gasteiger charge is 2.14. The second kappa shape index (κ2) is 5.49. The lowest BCUT2D eigenvalue weighted by atomic mass is 10.0. The van der Waals surface area contributed by atoms with E-state index >= 15 is 0 Å². The number of aromatic hydroxyl groups is 1. The monoisotopic (exact) mass is 272 g/mol. The van der Waals surface area contributed by atoms with Gasteiger partial charge in [0.05, 0.1) is 5.56 Å². The first-order chi connectivity index (χ1) is 9.40. The SMILES string of the molecule is CC(C)c1ccc(-c2nc(O)c(C(C)C)c(=O)[nH]2)cc1. The molecule has 0 radical (unpaired) electrons. The Morgan fingerprint density at radius 3 is 2.10 bits per heavy atom. The van der Waals surface area contributed by atoms with E-state index in [0.717, 1.165) is 5.56 Å². The average molecular weight is 272 g/mol. The summed E-state index contributed by atoms with van der Waals surface area (Å²) in [7, 11) is 0. The normalized spacial score (nSPS) is 11.3. The molecule has 106 valence electrons. The van der Waals surface area contributed by atoms with Crippen molar-refractivity contribution in [2.45, 2.75) is 39.5 Å². The van der Waals surface area contributed by atoms with E-state index in [1.165, 1.54) is 5.56 Å². The zero-order valence-electron chi connectivity index (χ0n) is 12.3. The van der Waals surface area contributed by atoms with E-state index in [2.05, 4.69) is 23.8 Å². The maximum absolute atomic E-state index is 12.0. The van der Waals surface area contributed by atoms with Crippen molar-refractivity contribution < 1.29 is 5.11 Å². The Kier molecular flexibility index (Phi) is 3.93. The number of nitrogens with zero attached hydrogens (tertiary/aromatic N) is 1. The van der Waals surface area contributed by atoms with Crippen molar-refractivity contribution in [2.75, 3.05) is 0 Å². The smallest absolute Gasteiger partial charge is 0.258 e. The molecule has 0 fully saturated rings. The molecule has 1 aromatic carbocycles. The quantitative estimate of drug-likeness (QED) is 0.900. The fourth-order valence-electron chi connectivity index (χ4n) is 2.15. The van der Waals surface area contributed by atoms with Gasteiger partial charge in [0.1, 0.15) is 5.82 Å². The third kappa shape index (κ3) is 2.74. The number of nitrogens with one attached hydrogen (secondary N) is 1. The summed E-state index contributed by atoms with van der Waals surface area (Å²) in [5, 5.41) is 9.92. The molecule has 0 spiro atoms. The molecule has 0 aliphatic carbocycles. The predicted octanol–water partition coefficient (Wildman–Crippen LogP) is 3.39. The summed E-state index contributed by atoms with van der Waals surface area (Å²) >= 11 is 0. The van der Waals surface area contributed by atoms with Crippen LogP contribution in [0.4, 0.5) is 0 Å². The van der Waals surface area contributed by atoms with Crippen LogP contribution >= 0.6 is 0 Å². The molecule has 2 aromatic rings. The molecule has 0 unspecified atom stereocenters. The van der Waals surface area contributed by atoms with Crippen LogP contribution in [0.1, 0.15) is 50.7 Å². The van der Waals surface area contributed by atoms with Gasteiger partial charge in [-0.3, -0.25) is 4.79 Å². The number of hydrogen-bond donors (Lipinski definition) is 2. The van der Waals surface area contributed by atoms with Crippen LogP contribution in [0.25, 0.3) is 11.4 Å². The zero-order valence-corrected chi connectivity index (χ0v) is 12.3. The van der Waals surface area contributed by atoms with Gasteiger partial charge in [0.15, 0.2) is 0 Å². The molecule has 0 saturated carbocycles. The van der Waals surface area contributed by atoms with Crippen molar-refractivity contribution in [3.8, 4) is 17.3 Å². The second-order valence-electron chi connectivity index (χ2n) is 5.58. The van der Waals surface area contributed by atoms with Gasteiger partial charge in [-0.15, -0.1) is 0 Å². The van der Waals surface area contributed by atoms with Gasteiger partial charge in [-0.1, -0.05) is 52.0 Å². The Balaban J connectivity index is 2.46. The molecular formula is C16H20N2O2. The van der Waals surface area contributed by atoms with Gasteiger partial charge < -0.3 is 10.1 Å². The fraction of sp³-hybridized carbons (Fsp3) is 0.375. The Morgan fingerprint density at radius 1 is 1.05 bits per heavy atom. The Hall–Kier alpha value is -2.10. The molecule has 2 rings (SSSR count). The van der Waals surface area contributed by atoms with E-state index in [9.17, 15) is 9.90 Å². The lowest BCUT2D eigenvalue weighted by molar-refractivity contribution is 0.440. The topological polar surface area (TPSA) is 66.0 Å². The number of rotatable bonds is 3. The molecule has 2 N–H and O–H groups in total. The van der Waals surface area contributed by atoms with Crippen molar-refractivity contribution in [2.24, 2.45) is 0 Å². The number of benzene rings is 1. The minimum atomic E-state index is -0.282. The summed E-state index contributed by atoms with van der Waals surface area (Å²) in [6.45, 7) is 7.95. The van der Waals surface area contributed by atoms with Crippen molar-refractivity contribution >= 4 is 0 Å². The highest BCUT2D eigenvalue weighted by Crippen LogP contribution is 2.23. The molecule has 20 heavy (non-hydrogen) atoms. The molecule has 4 heteroatoms. The first-order valence-electron chi connectivity index (χ1n) is 6.83. The molecule has 0 bridgehead atoms. The van der Waals surface area contributed by atoms with Crippen LogP contribution in [-0.2, 0) is 0 Å². The lowest BCUT2D eigenvalue weighted by Crippen LogP contribution is -2.16. The van der Waals surface area contributed by atoms with Gasteiger partial charge in [-0.2, -0.15) is 4.98 Å². The summed E-state index contributed by atoms with van der Waals surface area (Å²) in [5.41, 5.74) is 2.05. The Morgan fingerprint density at radius 2 is 1.65 bits per heavy atom. The highest BCUT2D eigenvalue weighted by atomic mass is 16.3. The van der Waals surface area contributed by atoms with Crippen LogP contribution in [0.15, 0.2) is 29.1 Å². The number of aromatic nitrogens is 2. The summed E-state index contributed by atoms with van der Waals surface area (Å²) in [4.78, 5) is 18.8. The van der Waals surface area contributed by atoms with Crippen LogP contribution < -0.4 is 5.56 Å². The van der Waals surface area contributed by atoms with E-state index in [4.69, 9.17) is 0 Å². The number of hydrogen-bond acceptors (Lipinski definition) is 3. The van der Waals surface area contributed by atoms with E-state index < -0.39 is 0 Å². The van der Waals surface area contributed by atoms with E-state index in [0.29, 0.717) is 17.3 Å². The second-order valence-corrected chi connectivity index (χ2v) is 5.58. The highest BCUT2D eigenvalue weighted by molar-refractivity contribution is 5.56. The first kappa shape index (κ1) is 14.3. The summed E-state index contributed by atoms with van der Waals surface area (Å²) < 4.78 is 0. The molecule has 0 amide bonds. The maximum Gasteiger partial charge on any atom is 0.258 e. The predicted molar refractivity (Wildman–Crippen MR) is 80.1 cm³/mol. The van der Waals surface area contributed by atoms with Gasteiger partial charge in [-0.25, -0.2) is 0 Å². The number of H-pyrrole nitrogens is 1. The Labute approximate surface area is 118 Å². The third-order valence-electron chi connectivity index (χ3n) is 3.36. The molecular weight excluding hydrogens is 252 g/mol. The summed E-state index contributed by atoms with van der Waals surface area (Å²) in [6.07, 6.45) is 0. The lowest BCUT2D eigenvalue weighted by Gasteiger charge is -2.09. The van der Waals surface area contributed by atoms with Gasteiger partial charge in [-0.05, 0) is 17.4 Å². The molecule has 0 aliphatic rings. The largest absolute Gasteiger partial charge is 0.493 e. The summed E-state index contributed by atoms with van der Waals surface area (Å²) in [5.74, 6) is 0.593. The maximum atomic E-state index is 12.0. The number of aromatic amines is 1. The third-order valence-corrected chi connectivity index (χ3v) is 3.36. The Bertz CT molecular complexity index is 655. The van der Waals surface area contributed by atoms with Gasteiger partial charge in [0.25, 0.3) is 5.56 Å². The van der Waals surface area contributed by atoms with Crippen molar-refractivity contribution in [1.29, 1.82) is 0 Å². The van der Waals surface area contributed by atoms with Crippen LogP contribution in [-0.4, -0.2) is 15.1 Å². The van der Waals surface area contributed by atoms with Crippen LogP contribution in [0, 0.1) is 0 Å². The summed E-state index contributed by atoms with van der Waals surface area (Å²) in [6, 6.07) is 7.82. The van der Waals surface area contributed by atoms with Crippen LogP contribution in [0.3, 0.4) is 0 Å². The average Bonchev–Trinajstić information content (AvgIpc) is 2.37. The standard InChI is InChI=1S/C16H20N2O2/c1-9(2)11-5-7-12(8-6-11)14-17-15(19)13(10(3)4)16(20)18-14/h5-10H,1-4H3,(H2,17,18,19,20). The molecule has 4 nitrogen and oxygen atoms in total. The minimum Gasteiger partial charge on any atom is -0.493 e. The molecule has 0 aliphatic heterocycles. The first-order valence-corrected chi connectivity index (χ1v) is 6.83. The molecule has 1 aromatic heterocycles.